The number of ether oxygens (including phenoxy) is 1. The maximum absolute atomic E-state index is 12.1. The largest absolute Gasteiger partial charge is 0.467 e. The van der Waals surface area contributed by atoms with Crippen molar-refractivity contribution in [1.82, 2.24) is 5.32 Å². The number of nitrogens with one attached hydrogen (secondary N) is 1. The molecule has 2 unspecified atom stereocenters. The van der Waals surface area contributed by atoms with Crippen molar-refractivity contribution in [2.75, 3.05) is 7.11 Å². The smallest absolute Gasteiger partial charge is 0.329 e. The van der Waals surface area contributed by atoms with E-state index in [9.17, 15) is 9.59 Å². The Morgan fingerprint density at radius 2 is 1.84 bits per heavy atom. The van der Waals surface area contributed by atoms with Crippen molar-refractivity contribution >= 4 is 11.9 Å². The molecular formula is C15H21NO3. The van der Waals surface area contributed by atoms with Crippen LogP contribution in [0.15, 0.2) is 30.3 Å². The highest BCUT2D eigenvalue weighted by Crippen LogP contribution is 2.28. The van der Waals surface area contributed by atoms with Gasteiger partial charge in [0.2, 0.25) is 5.91 Å². The predicted molar refractivity (Wildman–Crippen MR) is 73.6 cm³/mol. The van der Waals surface area contributed by atoms with Gasteiger partial charge < -0.3 is 10.1 Å². The predicted octanol–water partition coefficient (Wildman–Crippen LogP) is 2.10. The van der Waals surface area contributed by atoms with Gasteiger partial charge in [-0.2, -0.15) is 0 Å². The van der Waals surface area contributed by atoms with Crippen LogP contribution in [-0.2, 0) is 14.3 Å². The van der Waals surface area contributed by atoms with Gasteiger partial charge in [-0.3, -0.25) is 4.79 Å². The van der Waals surface area contributed by atoms with Gasteiger partial charge in [-0.15, -0.1) is 0 Å². The summed E-state index contributed by atoms with van der Waals surface area (Å²) in [6, 6.07) is 7.41. The van der Waals surface area contributed by atoms with Gasteiger partial charge in [0, 0.05) is 12.8 Å². The van der Waals surface area contributed by atoms with E-state index in [4.69, 9.17) is 6.11 Å². The SMILES string of the molecule is [2H]C(NC(C)=O)(C(=O)OC)C(c1ccccc1)C(C)C. The Labute approximate surface area is 115 Å². The van der Waals surface area contributed by atoms with Gasteiger partial charge in [-0.05, 0) is 11.5 Å². The zero-order chi connectivity index (χ0) is 15.3. The number of benzene rings is 1. The molecule has 0 aliphatic heterocycles. The first-order valence-electron chi connectivity index (χ1n) is 6.75. The summed E-state index contributed by atoms with van der Waals surface area (Å²) in [5.74, 6) is -1.73. The van der Waals surface area contributed by atoms with Crippen molar-refractivity contribution in [3.8, 4) is 0 Å². The molecule has 1 aromatic carbocycles. The molecule has 0 fully saturated rings. The van der Waals surface area contributed by atoms with Gasteiger partial charge in [-0.25, -0.2) is 4.79 Å². The van der Waals surface area contributed by atoms with Gasteiger partial charge in [-0.1, -0.05) is 44.2 Å². The van der Waals surface area contributed by atoms with Crippen LogP contribution in [-0.4, -0.2) is 25.0 Å². The van der Waals surface area contributed by atoms with Gasteiger partial charge in [0.1, 0.15) is 6.02 Å². The van der Waals surface area contributed by atoms with E-state index in [0.29, 0.717) is 0 Å². The average molecular weight is 264 g/mol. The highest BCUT2D eigenvalue weighted by atomic mass is 16.5. The lowest BCUT2D eigenvalue weighted by Gasteiger charge is -2.29. The number of hydrogen-bond donors (Lipinski definition) is 1. The zero-order valence-corrected chi connectivity index (χ0v) is 11.8. The summed E-state index contributed by atoms with van der Waals surface area (Å²) in [4.78, 5) is 23.5. The molecule has 0 saturated carbocycles. The van der Waals surface area contributed by atoms with Crippen LogP contribution in [0.5, 0.6) is 0 Å². The molecule has 0 saturated heterocycles. The molecular weight excluding hydrogens is 242 g/mol. The number of rotatable bonds is 5. The lowest BCUT2D eigenvalue weighted by Crippen LogP contribution is -2.46. The fourth-order valence-corrected chi connectivity index (χ4v) is 2.10. The molecule has 1 amide bonds. The molecule has 0 aromatic heterocycles. The van der Waals surface area contributed by atoms with Crippen LogP contribution in [0.2, 0.25) is 0 Å². The fourth-order valence-electron chi connectivity index (χ4n) is 2.10. The Morgan fingerprint density at radius 3 is 2.26 bits per heavy atom. The summed E-state index contributed by atoms with van der Waals surface area (Å²) in [5.41, 5.74) is 0.816. The number of carbonyl (C=O) groups excluding carboxylic acids is 2. The molecule has 104 valence electrons. The summed E-state index contributed by atoms with van der Waals surface area (Å²) in [6.07, 6.45) is 0. The van der Waals surface area contributed by atoms with E-state index in [1.54, 1.807) is 0 Å². The molecule has 4 heteroatoms. The molecule has 4 nitrogen and oxygen atoms in total. The first-order chi connectivity index (χ1) is 9.32. The average Bonchev–Trinajstić information content (AvgIpc) is 2.37. The molecule has 0 bridgehead atoms. The Kier molecular flexibility index (Phi) is 4.95. The first kappa shape index (κ1) is 13.6. The molecule has 1 N–H and O–H groups in total. The number of methoxy groups -OCH3 is 1. The molecule has 1 rings (SSSR count). The summed E-state index contributed by atoms with van der Waals surface area (Å²) in [7, 11) is 1.22. The number of esters is 1. The third kappa shape index (κ3) is 4.09. The number of hydrogen-bond acceptors (Lipinski definition) is 3. The second-order valence-corrected chi connectivity index (χ2v) is 4.72. The summed E-state index contributed by atoms with van der Waals surface area (Å²) >= 11 is 0. The second kappa shape index (κ2) is 6.92. The van der Waals surface area contributed by atoms with E-state index in [1.165, 1.54) is 14.0 Å². The third-order valence-corrected chi connectivity index (χ3v) is 2.85. The summed E-state index contributed by atoms with van der Waals surface area (Å²) < 4.78 is 13.2. The maximum atomic E-state index is 12.1. The van der Waals surface area contributed by atoms with E-state index >= 15 is 0 Å². The maximum Gasteiger partial charge on any atom is 0.329 e. The Hall–Kier alpha value is -1.84. The van der Waals surface area contributed by atoms with E-state index in [-0.39, 0.29) is 5.92 Å². The third-order valence-electron chi connectivity index (χ3n) is 2.85. The first-order valence-corrected chi connectivity index (χ1v) is 6.25. The van der Waals surface area contributed by atoms with Crippen LogP contribution in [0.3, 0.4) is 0 Å². The minimum Gasteiger partial charge on any atom is -0.467 e. The minimum atomic E-state index is -1.84. The van der Waals surface area contributed by atoms with E-state index in [2.05, 4.69) is 5.32 Å². The lowest BCUT2D eigenvalue weighted by atomic mass is 9.82. The standard InChI is InChI=1S/C15H21NO3/c1-10(2)13(12-8-6-5-7-9-12)14(15(18)19-4)16-11(3)17/h5-10,13-14H,1-4H3,(H,16,17)/i14D. The van der Waals surface area contributed by atoms with Crippen molar-refractivity contribution < 1.29 is 15.7 Å². The van der Waals surface area contributed by atoms with Crippen LogP contribution >= 0.6 is 0 Å². The highest BCUT2D eigenvalue weighted by molar-refractivity contribution is 5.84. The molecule has 1 aromatic rings. The highest BCUT2D eigenvalue weighted by Gasteiger charge is 2.33. The minimum absolute atomic E-state index is 0.0270. The van der Waals surface area contributed by atoms with Crippen molar-refractivity contribution in [3.63, 3.8) is 0 Å². The zero-order valence-electron chi connectivity index (χ0n) is 12.8. The molecule has 0 aliphatic carbocycles. The molecule has 2 atom stereocenters. The lowest BCUT2D eigenvalue weighted by molar-refractivity contribution is -0.146. The fraction of sp³-hybridized carbons (Fsp3) is 0.467. The monoisotopic (exact) mass is 264 g/mol. The van der Waals surface area contributed by atoms with E-state index in [1.807, 2.05) is 44.2 Å². The number of amides is 1. The quantitative estimate of drug-likeness (QED) is 0.829. The van der Waals surface area contributed by atoms with E-state index in [0.717, 1.165) is 5.56 Å². The Bertz CT molecular complexity index is 475. The molecule has 0 heterocycles. The van der Waals surface area contributed by atoms with Crippen LogP contribution in [0.25, 0.3) is 0 Å². The van der Waals surface area contributed by atoms with E-state index < -0.39 is 23.8 Å². The summed E-state index contributed by atoms with van der Waals surface area (Å²) in [6.45, 7) is 5.10. The van der Waals surface area contributed by atoms with Crippen LogP contribution in [0.4, 0.5) is 0 Å². The van der Waals surface area contributed by atoms with Crippen molar-refractivity contribution in [2.45, 2.75) is 32.7 Å². The van der Waals surface area contributed by atoms with Gasteiger partial charge >= 0.3 is 5.97 Å². The topological polar surface area (TPSA) is 55.4 Å². The van der Waals surface area contributed by atoms with Gasteiger partial charge in [0.15, 0.2) is 0 Å². The van der Waals surface area contributed by atoms with Crippen molar-refractivity contribution in [3.05, 3.63) is 35.9 Å². The molecule has 19 heavy (non-hydrogen) atoms. The number of carbonyl (C=O) groups is 2. The van der Waals surface area contributed by atoms with Crippen LogP contribution in [0.1, 0.15) is 33.6 Å². The van der Waals surface area contributed by atoms with Crippen molar-refractivity contribution in [1.29, 1.82) is 0 Å². The normalized spacial score (nSPS) is 16.2. The molecule has 0 spiro atoms. The van der Waals surface area contributed by atoms with Gasteiger partial charge in [0.25, 0.3) is 0 Å². The van der Waals surface area contributed by atoms with Crippen LogP contribution < -0.4 is 5.32 Å². The second-order valence-electron chi connectivity index (χ2n) is 4.72. The molecule has 0 aliphatic rings. The van der Waals surface area contributed by atoms with Gasteiger partial charge in [0.05, 0.1) is 8.48 Å². The van der Waals surface area contributed by atoms with Crippen molar-refractivity contribution in [2.24, 2.45) is 5.92 Å². The summed E-state index contributed by atoms with van der Waals surface area (Å²) in [5, 5.41) is 2.44. The Balaban J connectivity index is 3.32. The Morgan fingerprint density at radius 1 is 1.26 bits per heavy atom. The van der Waals surface area contributed by atoms with Crippen LogP contribution in [0, 0.1) is 5.92 Å². The molecule has 0 radical (unpaired) electrons.